The van der Waals surface area contributed by atoms with Gasteiger partial charge >= 0.3 is 12.0 Å². The molecule has 2 unspecified atom stereocenters. The lowest BCUT2D eigenvalue weighted by Gasteiger charge is -2.16. The van der Waals surface area contributed by atoms with Crippen molar-refractivity contribution in [3.8, 4) is 0 Å². The number of benzene rings is 1. The minimum absolute atomic E-state index is 0.0426. The first-order chi connectivity index (χ1) is 9.58. The van der Waals surface area contributed by atoms with E-state index in [2.05, 4.69) is 12.2 Å². The van der Waals surface area contributed by atoms with Crippen molar-refractivity contribution >= 4 is 12.0 Å². The number of aromatic carboxylic acids is 1. The number of urea groups is 1. The molecule has 2 aliphatic rings. The van der Waals surface area contributed by atoms with Crippen molar-refractivity contribution in [1.82, 2.24) is 10.2 Å². The van der Waals surface area contributed by atoms with Gasteiger partial charge in [-0.05, 0) is 35.6 Å². The Labute approximate surface area is 117 Å². The second-order valence-corrected chi connectivity index (χ2v) is 5.60. The normalized spacial score (nSPS) is 23.4. The largest absolute Gasteiger partial charge is 0.478 e. The van der Waals surface area contributed by atoms with Gasteiger partial charge in [0.15, 0.2) is 0 Å². The predicted octanol–water partition coefficient (Wildman–Crippen LogP) is 2.21. The quantitative estimate of drug-likeness (QED) is 0.887. The fourth-order valence-electron chi connectivity index (χ4n) is 2.80. The molecule has 0 aromatic heterocycles. The topological polar surface area (TPSA) is 69.6 Å². The summed E-state index contributed by atoms with van der Waals surface area (Å²) >= 11 is 0. The van der Waals surface area contributed by atoms with Gasteiger partial charge in [-0.25, -0.2) is 9.59 Å². The number of carbonyl (C=O) groups excluding carboxylic acids is 1. The van der Waals surface area contributed by atoms with Crippen LogP contribution in [0, 0.1) is 5.92 Å². The van der Waals surface area contributed by atoms with Crippen molar-refractivity contribution in [2.45, 2.75) is 38.9 Å². The maximum Gasteiger partial charge on any atom is 0.335 e. The van der Waals surface area contributed by atoms with E-state index in [1.165, 1.54) is 0 Å². The minimum atomic E-state index is -0.931. The van der Waals surface area contributed by atoms with Crippen LogP contribution in [0.3, 0.4) is 0 Å². The van der Waals surface area contributed by atoms with Crippen molar-refractivity contribution < 1.29 is 14.7 Å². The summed E-state index contributed by atoms with van der Waals surface area (Å²) in [6.07, 6.45) is 2.18. The molecule has 5 heteroatoms. The maximum absolute atomic E-state index is 12.1. The third-order valence-electron chi connectivity index (χ3n) is 4.22. The van der Waals surface area contributed by atoms with E-state index in [1.807, 2.05) is 0 Å². The van der Waals surface area contributed by atoms with Gasteiger partial charge in [-0.15, -0.1) is 0 Å². The van der Waals surface area contributed by atoms with Crippen LogP contribution in [0.4, 0.5) is 4.79 Å². The predicted molar refractivity (Wildman–Crippen MR) is 73.4 cm³/mol. The summed E-state index contributed by atoms with van der Waals surface area (Å²) < 4.78 is 0. The fourth-order valence-corrected chi connectivity index (χ4v) is 2.80. The molecule has 5 nitrogen and oxygen atoms in total. The Bertz CT molecular complexity index is 570. The Kier molecular flexibility index (Phi) is 3.12. The molecule has 20 heavy (non-hydrogen) atoms. The summed E-state index contributed by atoms with van der Waals surface area (Å²) in [4.78, 5) is 24.8. The molecular weight excluding hydrogens is 256 g/mol. The average molecular weight is 274 g/mol. The van der Waals surface area contributed by atoms with Crippen molar-refractivity contribution in [3.63, 3.8) is 0 Å². The molecule has 3 rings (SSSR count). The lowest BCUT2D eigenvalue weighted by Crippen LogP contribution is -2.38. The number of rotatable bonds is 3. The van der Waals surface area contributed by atoms with Gasteiger partial charge in [0.1, 0.15) is 0 Å². The Morgan fingerprint density at radius 1 is 1.35 bits per heavy atom. The molecule has 1 aromatic carbocycles. The second-order valence-electron chi connectivity index (χ2n) is 5.60. The third kappa shape index (κ3) is 2.35. The Morgan fingerprint density at radius 2 is 2.10 bits per heavy atom. The number of carboxylic acid groups (broad SMARTS) is 1. The van der Waals surface area contributed by atoms with Crippen LogP contribution in [-0.4, -0.2) is 28.0 Å². The van der Waals surface area contributed by atoms with E-state index < -0.39 is 5.97 Å². The summed E-state index contributed by atoms with van der Waals surface area (Å²) in [5, 5.41) is 12.0. The first-order valence-corrected chi connectivity index (χ1v) is 6.99. The summed E-state index contributed by atoms with van der Waals surface area (Å²) in [5.41, 5.74) is 2.25. The third-order valence-corrected chi connectivity index (χ3v) is 4.22. The molecule has 0 radical (unpaired) electrons. The number of hydrogen-bond acceptors (Lipinski definition) is 2. The molecule has 1 aliphatic heterocycles. The van der Waals surface area contributed by atoms with Gasteiger partial charge in [0.2, 0.25) is 0 Å². The average Bonchev–Trinajstić information content (AvgIpc) is 3.03. The number of carboxylic acids is 1. The first kappa shape index (κ1) is 13.0. The van der Waals surface area contributed by atoms with Crippen LogP contribution in [0.25, 0.3) is 0 Å². The van der Waals surface area contributed by atoms with Crippen LogP contribution < -0.4 is 5.32 Å². The highest BCUT2D eigenvalue weighted by Crippen LogP contribution is 2.33. The Morgan fingerprint density at radius 3 is 2.75 bits per heavy atom. The highest BCUT2D eigenvalue weighted by Gasteiger charge is 2.38. The number of nitrogens with one attached hydrogen (secondary N) is 1. The van der Waals surface area contributed by atoms with Gasteiger partial charge < -0.3 is 15.3 Å². The SMILES string of the molecule is CCC1CC1NC(=O)N1Cc2ccc(C(=O)O)cc2C1. The van der Waals surface area contributed by atoms with Crippen molar-refractivity contribution in [1.29, 1.82) is 0 Å². The van der Waals surface area contributed by atoms with Gasteiger partial charge in [0, 0.05) is 19.1 Å². The summed E-state index contributed by atoms with van der Waals surface area (Å²) in [5.74, 6) is -0.304. The van der Waals surface area contributed by atoms with Crippen LogP contribution in [0.2, 0.25) is 0 Å². The monoisotopic (exact) mass is 274 g/mol. The van der Waals surface area contributed by atoms with E-state index >= 15 is 0 Å². The summed E-state index contributed by atoms with van der Waals surface area (Å²) in [7, 11) is 0. The van der Waals surface area contributed by atoms with Crippen LogP contribution >= 0.6 is 0 Å². The minimum Gasteiger partial charge on any atom is -0.478 e. The maximum atomic E-state index is 12.1. The van der Waals surface area contributed by atoms with Gasteiger partial charge in [-0.1, -0.05) is 19.4 Å². The molecule has 2 atom stereocenters. The van der Waals surface area contributed by atoms with E-state index in [1.54, 1.807) is 23.1 Å². The number of nitrogens with zero attached hydrogens (tertiary/aromatic N) is 1. The van der Waals surface area contributed by atoms with Crippen LogP contribution in [0.1, 0.15) is 41.3 Å². The van der Waals surface area contributed by atoms with Crippen molar-refractivity contribution in [2.24, 2.45) is 5.92 Å². The Hall–Kier alpha value is -2.04. The van der Waals surface area contributed by atoms with E-state index in [9.17, 15) is 9.59 Å². The number of amides is 2. The molecule has 1 fully saturated rings. The zero-order chi connectivity index (χ0) is 14.3. The standard InChI is InChI=1S/C15H18N2O3/c1-2-9-6-13(9)16-15(20)17-7-11-4-3-10(14(18)19)5-12(11)8-17/h3-5,9,13H,2,6-8H2,1H3,(H,16,20)(H,18,19). The number of carbonyl (C=O) groups is 2. The second kappa shape index (κ2) is 4.81. The highest BCUT2D eigenvalue weighted by molar-refractivity contribution is 5.88. The van der Waals surface area contributed by atoms with E-state index in [-0.39, 0.29) is 11.6 Å². The lowest BCUT2D eigenvalue weighted by atomic mass is 10.1. The van der Waals surface area contributed by atoms with Gasteiger partial charge in [0.05, 0.1) is 5.56 Å². The van der Waals surface area contributed by atoms with Crippen molar-refractivity contribution in [3.05, 3.63) is 34.9 Å². The molecule has 1 heterocycles. The Balaban J connectivity index is 1.64. The highest BCUT2D eigenvalue weighted by atomic mass is 16.4. The van der Waals surface area contributed by atoms with Gasteiger partial charge in [-0.2, -0.15) is 0 Å². The smallest absolute Gasteiger partial charge is 0.335 e. The van der Waals surface area contributed by atoms with Crippen LogP contribution in [-0.2, 0) is 13.1 Å². The molecule has 1 aliphatic carbocycles. The summed E-state index contributed by atoms with van der Waals surface area (Å²) in [6, 6.07) is 5.34. The van der Waals surface area contributed by atoms with Crippen LogP contribution in [0.15, 0.2) is 18.2 Å². The molecule has 2 amide bonds. The van der Waals surface area contributed by atoms with Gasteiger partial charge in [-0.3, -0.25) is 0 Å². The van der Waals surface area contributed by atoms with E-state index in [0.717, 1.165) is 24.0 Å². The number of hydrogen-bond donors (Lipinski definition) is 2. The molecule has 1 aromatic rings. The molecule has 106 valence electrons. The van der Waals surface area contributed by atoms with Gasteiger partial charge in [0.25, 0.3) is 0 Å². The number of fused-ring (bicyclic) bond motifs is 1. The molecular formula is C15H18N2O3. The summed E-state index contributed by atoms with van der Waals surface area (Å²) in [6.45, 7) is 3.19. The molecule has 1 saturated carbocycles. The zero-order valence-corrected chi connectivity index (χ0v) is 11.4. The fraction of sp³-hybridized carbons (Fsp3) is 0.467. The molecule has 0 bridgehead atoms. The molecule has 2 N–H and O–H groups in total. The molecule has 0 saturated heterocycles. The zero-order valence-electron chi connectivity index (χ0n) is 11.4. The lowest BCUT2D eigenvalue weighted by molar-refractivity contribution is 0.0696. The van der Waals surface area contributed by atoms with Crippen LogP contribution in [0.5, 0.6) is 0 Å². The first-order valence-electron chi connectivity index (χ1n) is 6.99. The van der Waals surface area contributed by atoms with Crippen molar-refractivity contribution in [2.75, 3.05) is 0 Å². The van der Waals surface area contributed by atoms with E-state index in [4.69, 9.17) is 5.11 Å². The van der Waals surface area contributed by atoms with E-state index in [0.29, 0.717) is 25.0 Å². The molecule has 0 spiro atoms.